The number of amides is 1. The second kappa shape index (κ2) is 7.21. The first kappa shape index (κ1) is 17.2. The Kier molecular flexibility index (Phi) is 5.90. The Labute approximate surface area is 124 Å². The number of carboxylic acids is 1. The fraction of sp³-hybridized carbons (Fsp3) is 0.643. The Hall–Kier alpha value is -1.89. The van der Waals surface area contributed by atoms with Gasteiger partial charge in [0.15, 0.2) is 0 Å². The molecule has 1 rings (SSSR count). The van der Waals surface area contributed by atoms with Crippen molar-refractivity contribution >= 4 is 17.6 Å². The SMILES string of the molecule is Cc1nn(C)c(C)c1NC(=O)CN(CCC(=O)O)C(C)C. The summed E-state index contributed by atoms with van der Waals surface area (Å²) in [7, 11) is 1.82. The Morgan fingerprint density at radius 3 is 2.43 bits per heavy atom. The van der Waals surface area contributed by atoms with E-state index in [1.807, 2.05) is 39.6 Å². The summed E-state index contributed by atoms with van der Waals surface area (Å²) in [5.41, 5.74) is 2.39. The fourth-order valence-corrected chi connectivity index (χ4v) is 2.08. The minimum Gasteiger partial charge on any atom is -0.481 e. The van der Waals surface area contributed by atoms with E-state index in [-0.39, 0.29) is 24.9 Å². The molecular formula is C14H24N4O3. The quantitative estimate of drug-likeness (QED) is 0.788. The molecule has 21 heavy (non-hydrogen) atoms. The lowest BCUT2D eigenvalue weighted by atomic mass is 10.2. The molecule has 1 aromatic heterocycles. The van der Waals surface area contributed by atoms with Gasteiger partial charge >= 0.3 is 5.97 Å². The van der Waals surface area contributed by atoms with Gasteiger partial charge in [-0.05, 0) is 27.7 Å². The number of aryl methyl sites for hydroxylation is 2. The second-order valence-electron chi connectivity index (χ2n) is 5.43. The number of aromatic nitrogens is 2. The summed E-state index contributed by atoms with van der Waals surface area (Å²) >= 11 is 0. The summed E-state index contributed by atoms with van der Waals surface area (Å²) in [6.45, 7) is 8.13. The fourth-order valence-electron chi connectivity index (χ4n) is 2.08. The minimum atomic E-state index is -0.861. The Morgan fingerprint density at radius 1 is 1.38 bits per heavy atom. The first-order chi connectivity index (χ1) is 9.72. The van der Waals surface area contributed by atoms with Crippen molar-refractivity contribution in [1.82, 2.24) is 14.7 Å². The monoisotopic (exact) mass is 296 g/mol. The number of carbonyl (C=O) groups excluding carboxylic acids is 1. The third-order valence-electron chi connectivity index (χ3n) is 3.46. The van der Waals surface area contributed by atoms with Crippen LogP contribution in [0.5, 0.6) is 0 Å². The van der Waals surface area contributed by atoms with Gasteiger partial charge < -0.3 is 10.4 Å². The summed E-state index contributed by atoms with van der Waals surface area (Å²) in [6, 6.07) is 0.103. The molecule has 0 spiro atoms. The predicted octanol–water partition coefficient (Wildman–Crippen LogP) is 1.16. The maximum atomic E-state index is 12.1. The number of hydrogen-bond acceptors (Lipinski definition) is 4. The van der Waals surface area contributed by atoms with Gasteiger partial charge in [-0.2, -0.15) is 5.10 Å². The zero-order chi connectivity index (χ0) is 16.2. The van der Waals surface area contributed by atoms with Crippen molar-refractivity contribution in [2.75, 3.05) is 18.4 Å². The number of hydrogen-bond donors (Lipinski definition) is 2. The molecule has 0 aliphatic rings. The van der Waals surface area contributed by atoms with Crippen LogP contribution >= 0.6 is 0 Å². The summed E-state index contributed by atoms with van der Waals surface area (Å²) in [6.07, 6.45) is 0.0242. The zero-order valence-corrected chi connectivity index (χ0v) is 13.3. The van der Waals surface area contributed by atoms with Gasteiger partial charge in [0.25, 0.3) is 0 Å². The van der Waals surface area contributed by atoms with Crippen LogP contribution in [0.25, 0.3) is 0 Å². The maximum absolute atomic E-state index is 12.1. The van der Waals surface area contributed by atoms with Crippen molar-refractivity contribution in [2.24, 2.45) is 7.05 Å². The van der Waals surface area contributed by atoms with E-state index < -0.39 is 5.97 Å². The highest BCUT2D eigenvalue weighted by Gasteiger charge is 2.17. The van der Waals surface area contributed by atoms with Gasteiger partial charge in [0, 0.05) is 19.6 Å². The van der Waals surface area contributed by atoms with Crippen molar-refractivity contribution in [2.45, 2.75) is 40.2 Å². The van der Waals surface area contributed by atoms with Crippen LogP contribution in [0, 0.1) is 13.8 Å². The van der Waals surface area contributed by atoms with Crippen molar-refractivity contribution in [3.8, 4) is 0 Å². The van der Waals surface area contributed by atoms with Gasteiger partial charge in [0.05, 0.1) is 30.0 Å². The smallest absolute Gasteiger partial charge is 0.304 e. The molecular weight excluding hydrogens is 272 g/mol. The molecule has 2 N–H and O–H groups in total. The molecule has 1 heterocycles. The molecule has 7 heteroatoms. The topological polar surface area (TPSA) is 87.5 Å². The van der Waals surface area contributed by atoms with E-state index in [1.54, 1.807) is 4.68 Å². The van der Waals surface area contributed by atoms with E-state index in [0.717, 1.165) is 17.1 Å². The molecule has 0 aromatic carbocycles. The molecule has 0 saturated heterocycles. The molecule has 0 radical (unpaired) electrons. The minimum absolute atomic E-state index is 0.0242. The third kappa shape index (κ3) is 4.86. The molecule has 0 atom stereocenters. The van der Waals surface area contributed by atoms with E-state index in [4.69, 9.17) is 5.11 Å². The van der Waals surface area contributed by atoms with Crippen LogP contribution in [0.2, 0.25) is 0 Å². The highest BCUT2D eigenvalue weighted by molar-refractivity contribution is 5.93. The number of nitrogens with one attached hydrogen (secondary N) is 1. The molecule has 0 saturated carbocycles. The van der Waals surface area contributed by atoms with Crippen LogP contribution in [0.4, 0.5) is 5.69 Å². The maximum Gasteiger partial charge on any atom is 0.304 e. The first-order valence-electron chi connectivity index (χ1n) is 6.98. The summed E-state index contributed by atoms with van der Waals surface area (Å²) in [4.78, 5) is 24.6. The summed E-state index contributed by atoms with van der Waals surface area (Å²) in [5.74, 6) is -1.02. The normalized spacial score (nSPS) is 11.2. The molecule has 0 aliphatic heterocycles. The van der Waals surface area contributed by atoms with Gasteiger partial charge in [-0.3, -0.25) is 19.2 Å². The Bertz CT molecular complexity index is 523. The number of aliphatic carboxylic acids is 1. The van der Waals surface area contributed by atoms with Crippen LogP contribution < -0.4 is 5.32 Å². The molecule has 7 nitrogen and oxygen atoms in total. The third-order valence-corrected chi connectivity index (χ3v) is 3.46. The van der Waals surface area contributed by atoms with Gasteiger partial charge in [-0.25, -0.2) is 0 Å². The summed E-state index contributed by atoms with van der Waals surface area (Å²) < 4.78 is 1.72. The van der Waals surface area contributed by atoms with Crippen molar-refractivity contribution in [3.05, 3.63) is 11.4 Å². The van der Waals surface area contributed by atoms with Crippen molar-refractivity contribution < 1.29 is 14.7 Å². The molecule has 1 aromatic rings. The zero-order valence-electron chi connectivity index (χ0n) is 13.3. The lowest BCUT2D eigenvalue weighted by Gasteiger charge is -2.25. The highest BCUT2D eigenvalue weighted by atomic mass is 16.4. The average Bonchev–Trinajstić information content (AvgIpc) is 2.60. The summed E-state index contributed by atoms with van der Waals surface area (Å²) in [5, 5.41) is 15.9. The number of carbonyl (C=O) groups is 2. The highest BCUT2D eigenvalue weighted by Crippen LogP contribution is 2.18. The van der Waals surface area contributed by atoms with Gasteiger partial charge in [-0.1, -0.05) is 0 Å². The van der Waals surface area contributed by atoms with Gasteiger partial charge in [-0.15, -0.1) is 0 Å². The molecule has 0 bridgehead atoms. The van der Waals surface area contributed by atoms with E-state index in [9.17, 15) is 9.59 Å². The van der Waals surface area contributed by atoms with Gasteiger partial charge in [0.1, 0.15) is 0 Å². The van der Waals surface area contributed by atoms with Crippen molar-refractivity contribution in [3.63, 3.8) is 0 Å². The second-order valence-corrected chi connectivity index (χ2v) is 5.43. The first-order valence-corrected chi connectivity index (χ1v) is 6.98. The average molecular weight is 296 g/mol. The Morgan fingerprint density at radius 2 is 2.00 bits per heavy atom. The van der Waals surface area contributed by atoms with Crippen LogP contribution in [0.15, 0.2) is 0 Å². The van der Waals surface area contributed by atoms with Crippen LogP contribution in [0.1, 0.15) is 31.7 Å². The Balaban J connectivity index is 2.67. The van der Waals surface area contributed by atoms with E-state index in [1.165, 1.54) is 0 Å². The van der Waals surface area contributed by atoms with Crippen LogP contribution in [0.3, 0.4) is 0 Å². The van der Waals surface area contributed by atoms with E-state index in [0.29, 0.717) is 6.54 Å². The predicted molar refractivity (Wildman–Crippen MR) is 80.3 cm³/mol. The van der Waals surface area contributed by atoms with Crippen LogP contribution in [-0.2, 0) is 16.6 Å². The molecule has 1 amide bonds. The molecule has 0 unspecified atom stereocenters. The lowest BCUT2D eigenvalue weighted by Crippen LogP contribution is -2.39. The van der Waals surface area contributed by atoms with Gasteiger partial charge in [0.2, 0.25) is 5.91 Å². The van der Waals surface area contributed by atoms with E-state index >= 15 is 0 Å². The van der Waals surface area contributed by atoms with Crippen LogP contribution in [-0.4, -0.2) is 50.8 Å². The number of anilines is 1. The standard InChI is InChI=1S/C14H24N4O3/c1-9(2)18(7-6-13(20)21)8-12(19)15-14-10(3)16-17(5)11(14)4/h9H,6-8H2,1-5H3,(H,15,19)(H,20,21). The van der Waals surface area contributed by atoms with Crippen molar-refractivity contribution in [1.29, 1.82) is 0 Å². The number of nitrogens with zero attached hydrogens (tertiary/aromatic N) is 3. The lowest BCUT2D eigenvalue weighted by molar-refractivity contribution is -0.137. The molecule has 118 valence electrons. The number of rotatable bonds is 7. The molecule has 0 aliphatic carbocycles. The number of carboxylic acid groups (broad SMARTS) is 1. The molecule has 0 fully saturated rings. The van der Waals surface area contributed by atoms with E-state index in [2.05, 4.69) is 10.4 Å². The largest absolute Gasteiger partial charge is 0.481 e.